The molecular weight excluding hydrogens is 200 g/mol. The van der Waals surface area contributed by atoms with Gasteiger partial charge in [0.1, 0.15) is 0 Å². The van der Waals surface area contributed by atoms with Crippen LogP contribution in [0.25, 0.3) is 0 Å². The molecule has 1 saturated heterocycles. The van der Waals surface area contributed by atoms with Crippen LogP contribution in [0.15, 0.2) is 5.38 Å². The highest BCUT2D eigenvalue weighted by atomic mass is 32.2. The second kappa shape index (κ2) is 3.98. The van der Waals surface area contributed by atoms with Gasteiger partial charge >= 0.3 is 0 Å². The van der Waals surface area contributed by atoms with Crippen LogP contribution in [-0.4, -0.2) is 16.8 Å². The number of thiazole rings is 1. The number of hydrogen-bond acceptors (Lipinski definition) is 4. The van der Waals surface area contributed by atoms with E-state index in [4.69, 9.17) is 0 Å². The fourth-order valence-corrected chi connectivity index (χ4v) is 3.36. The van der Waals surface area contributed by atoms with Crippen LogP contribution >= 0.6 is 23.1 Å². The summed E-state index contributed by atoms with van der Waals surface area (Å²) in [6, 6.07) is 0. The van der Waals surface area contributed by atoms with E-state index in [-0.39, 0.29) is 0 Å². The van der Waals surface area contributed by atoms with Crippen molar-refractivity contribution in [1.82, 2.24) is 10.3 Å². The third-order valence-corrected chi connectivity index (χ3v) is 4.33. The molecule has 72 valence electrons. The molecule has 1 aliphatic heterocycles. The Kier molecular flexibility index (Phi) is 2.91. The molecule has 1 aliphatic rings. The van der Waals surface area contributed by atoms with Gasteiger partial charge in [0.05, 0.1) is 16.1 Å². The van der Waals surface area contributed by atoms with Gasteiger partial charge in [0.2, 0.25) is 0 Å². The summed E-state index contributed by atoms with van der Waals surface area (Å²) < 4.78 is 0. The van der Waals surface area contributed by atoms with E-state index in [0.29, 0.717) is 5.37 Å². The number of aromatic nitrogens is 1. The Bertz CT molecular complexity index is 285. The molecule has 0 spiro atoms. The Morgan fingerprint density at radius 3 is 3.08 bits per heavy atom. The molecule has 0 aromatic carbocycles. The lowest BCUT2D eigenvalue weighted by Crippen LogP contribution is -2.28. The summed E-state index contributed by atoms with van der Waals surface area (Å²) >= 11 is 3.72. The molecule has 0 aliphatic carbocycles. The maximum atomic E-state index is 4.50. The van der Waals surface area contributed by atoms with Crippen LogP contribution in [0.1, 0.15) is 29.4 Å². The summed E-state index contributed by atoms with van der Waals surface area (Å²) in [4.78, 5) is 4.50. The van der Waals surface area contributed by atoms with Gasteiger partial charge in [-0.2, -0.15) is 0 Å². The van der Waals surface area contributed by atoms with Gasteiger partial charge in [-0.05, 0) is 19.9 Å². The lowest BCUT2D eigenvalue weighted by molar-refractivity contribution is 0.598. The first-order valence-corrected chi connectivity index (χ1v) is 6.39. The zero-order valence-corrected chi connectivity index (χ0v) is 9.54. The predicted octanol–water partition coefficient (Wildman–Crippen LogP) is 2.57. The number of hydrogen-bond donors (Lipinski definition) is 1. The van der Waals surface area contributed by atoms with E-state index in [9.17, 15) is 0 Å². The third-order valence-electron chi connectivity index (χ3n) is 2.15. The minimum Gasteiger partial charge on any atom is -0.300 e. The molecular formula is C9H14N2S2. The van der Waals surface area contributed by atoms with Gasteiger partial charge in [0.25, 0.3) is 0 Å². The Balaban J connectivity index is 2.08. The number of thioether (sulfide) groups is 1. The van der Waals surface area contributed by atoms with Crippen molar-refractivity contribution < 1.29 is 0 Å². The van der Waals surface area contributed by atoms with Gasteiger partial charge in [0.15, 0.2) is 0 Å². The van der Waals surface area contributed by atoms with Crippen LogP contribution < -0.4 is 5.32 Å². The molecule has 13 heavy (non-hydrogen) atoms. The van der Waals surface area contributed by atoms with Crippen molar-refractivity contribution in [2.45, 2.75) is 30.9 Å². The molecule has 0 amide bonds. The number of nitrogens with zero attached hydrogens (tertiary/aromatic N) is 1. The SMILES string of the molecule is Cc1nc(C2NCCC(C)S2)cs1. The van der Waals surface area contributed by atoms with Crippen LogP contribution in [-0.2, 0) is 0 Å². The van der Waals surface area contributed by atoms with Gasteiger partial charge in [-0.15, -0.1) is 23.1 Å². The summed E-state index contributed by atoms with van der Waals surface area (Å²) in [5, 5.41) is 8.00. The largest absolute Gasteiger partial charge is 0.300 e. The van der Waals surface area contributed by atoms with Gasteiger partial charge in [0, 0.05) is 10.6 Å². The minimum absolute atomic E-state index is 0.425. The van der Waals surface area contributed by atoms with E-state index < -0.39 is 0 Å². The lowest BCUT2D eigenvalue weighted by Gasteiger charge is -2.26. The maximum absolute atomic E-state index is 4.50. The molecule has 2 rings (SSSR count). The summed E-state index contributed by atoms with van der Waals surface area (Å²) in [5.41, 5.74) is 1.21. The van der Waals surface area contributed by atoms with E-state index in [1.165, 1.54) is 12.1 Å². The van der Waals surface area contributed by atoms with Crippen molar-refractivity contribution in [2.75, 3.05) is 6.54 Å². The van der Waals surface area contributed by atoms with E-state index in [0.717, 1.165) is 16.8 Å². The van der Waals surface area contributed by atoms with Crippen molar-refractivity contribution in [3.05, 3.63) is 16.1 Å². The van der Waals surface area contributed by atoms with Gasteiger partial charge in [-0.25, -0.2) is 4.98 Å². The highest BCUT2D eigenvalue weighted by Gasteiger charge is 2.21. The number of aryl methyl sites for hydroxylation is 1. The normalized spacial score (nSPS) is 29.1. The summed E-state index contributed by atoms with van der Waals surface area (Å²) in [6.07, 6.45) is 1.27. The van der Waals surface area contributed by atoms with Crippen LogP contribution in [0.4, 0.5) is 0 Å². The molecule has 1 fully saturated rings. The summed E-state index contributed by atoms with van der Waals surface area (Å²) in [5.74, 6) is 0. The van der Waals surface area contributed by atoms with Crippen LogP contribution in [0.3, 0.4) is 0 Å². The summed E-state index contributed by atoms with van der Waals surface area (Å²) in [7, 11) is 0. The number of nitrogens with one attached hydrogen (secondary N) is 1. The fourth-order valence-electron chi connectivity index (χ4n) is 1.44. The third kappa shape index (κ3) is 2.24. The molecule has 4 heteroatoms. The highest BCUT2D eigenvalue weighted by Crippen LogP contribution is 2.34. The number of rotatable bonds is 1. The molecule has 0 saturated carbocycles. The fraction of sp³-hybridized carbons (Fsp3) is 0.667. The highest BCUT2D eigenvalue weighted by molar-refractivity contribution is 8.00. The van der Waals surface area contributed by atoms with E-state index in [2.05, 4.69) is 29.5 Å². The van der Waals surface area contributed by atoms with Crippen LogP contribution in [0, 0.1) is 6.92 Å². The Morgan fingerprint density at radius 1 is 1.62 bits per heavy atom. The Morgan fingerprint density at radius 2 is 2.46 bits per heavy atom. The monoisotopic (exact) mass is 214 g/mol. The van der Waals surface area contributed by atoms with E-state index in [1.54, 1.807) is 11.3 Å². The molecule has 0 radical (unpaired) electrons. The molecule has 2 nitrogen and oxygen atoms in total. The maximum Gasteiger partial charge on any atom is 0.0973 e. The standard InChI is InChI=1S/C9H14N2S2/c1-6-3-4-10-9(13-6)8-5-12-7(2)11-8/h5-6,9-10H,3-4H2,1-2H3. The molecule has 2 unspecified atom stereocenters. The first-order chi connectivity index (χ1) is 6.25. The zero-order valence-electron chi connectivity index (χ0n) is 7.91. The van der Waals surface area contributed by atoms with Crippen molar-refractivity contribution in [1.29, 1.82) is 0 Å². The van der Waals surface area contributed by atoms with Gasteiger partial charge in [-0.3, -0.25) is 0 Å². The molecule has 1 N–H and O–H groups in total. The summed E-state index contributed by atoms with van der Waals surface area (Å²) in [6.45, 7) is 5.47. The average molecular weight is 214 g/mol. The van der Waals surface area contributed by atoms with Crippen molar-refractivity contribution in [3.8, 4) is 0 Å². The molecule has 2 heterocycles. The van der Waals surface area contributed by atoms with Gasteiger partial charge in [-0.1, -0.05) is 6.92 Å². The second-order valence-electron chi connectivity index (χ2n) is 3.36. The van der Waals surface area contributed by atoms with Crippen LogP contribution in [0.5, 0.6) is 0 Å². The predicted molar refractivity (Wildman–Crippen MR) is 59.3 cm³/mol. The van der Waals surface area contributed by atoms with Crippen molar-refractivity contribution in [3.63, 3.8) is 0 Å². The molecule has 2 atom stereocenters. The quantitative estimate of drug-likeness (QED) is 0.777. The van der Waals surface area contributed by atoms with E-state index >= 15 is 0 Å². The van der Waals surface area contributed by atoms with Crippen molar-refractivity contribution >= 4 is 23.1 Å². The lowest BCUT2D eigenvalue weighted by atomic mass is 10.3. The topological polar surface area (TPSA) is 24.9 Å². The first-order valence-electron chi connectivity index (χ1n) is 4.56. The second-order valence-corrected chi connectivity index (χ2v) is 5.97. The molecule has 1 aromatic rings. The van der Waals surface area contributed by atoms with Crippen molar-refractivity contribution in [2.24, 2.45) is 0 Å². The first kappa shape index (κ1) is 9.49. The minimum atomic E-state index is 0.425. The molecule has 1 aromatic heterocycles. The smallest absolute Gasteiger partial charge is 0.0973 e. The van der Waals surface area contributed by atoms with E-state index in [1.807, 2.05) is 11.8 Å². The van der Waals surface area contributed by atoms with Crippen LogP contribution in [0.2, 0.25) is 0 Å². The van der Waals surface area contributed by atoms with Gasteiger partial charge < -0.3 is 5.32 Å². The zero-order chi connectivity index (χ0) is 9.26. The Labute approximate surface area is 87.1 Å². The average Bonchev–Trinajstić information content (AvgIpc) is 2.52. The molecule has 0 bridgehead atoms. The Hall–Kier alpha value is -0.0600.